The molecule has 0 bridgehead atoms. The van der Waals surface area contributed by atoms with Gasteiger partial charge in [0.2, 0.25) is 11.9 Å². The zero-order valence-corrected chi connectivity index (χ0v) is 24.0. The lowest BCUT2D eigenvalue weighted by Gasteiger charge is -2.25. The van der Waals surface area contributed by atoms with Crippen molar-refractivity contribution in [3.05, 3.63) is 100 Å². The van der Waals surface area contributed by atoms with Crippen LogP contribution in [0.3, 0.4) is 0 Å². The highest BCUT2D eigenvalue weighted by atomic mass is 35.5. The maximum Gasteiger partial charge on any atom is 0.251 e. The van der Waals surface area contributed by atoms with Crippen LogP contribution < -0.4 is 16.0 Å². The number of allylic oxidation sites excluding steroid dienone is 1. The summed E-state index contributed by atoms with van der Waals surface area (Å²) in [7, 11) is 3.86. The Morgan fingerprint density at radius 1 is 1.07 bits per heavy atom. The highest BCUT2D eigenvalue weighted by Crippen LogP contribution is 2.35. The van der Waals surface area contributed by atoms with E-state index in [9.17, 15) is 9.59 Å². The van der Waals surface area contributed by atoms with Crippen molar-refractivity contribution in [2.24, 2.45) is 5.41 Å². The molecule has 40 heavy (non-hydrogen) atoms. The molecule has 1 heterocycles. The first-order valence-electron chi connectivity index (χ1n) is 13.2. The van der Waals surface area contributed by atoms with Crippen molar-refractivity contribution in [3.8, 4) is 0 Å². The van der Waals surface area contributed by atoms with Gasteiger partial charge in [-0.15, -0.1) is 0 Å². The maximum atomic E-state index is 12.8. The second kappa shape index (κ2) is 12.9. The van der Waals surface area contributed by atoms with Crippen LogP contribution in [-0.4, -0.2) is 60.4 Å². The van der Waals surface area contributed by atoms with Crippen LogP contribution >= 0.6 is 11.6 Å². The number of hydrogen-bond acceptors (Lipinski definition) is 6. The van der Waals surface area contributed by atoms with E-state index in [0.29, 0.717) is 47.6 Å². The second-order valence-corrected chi connectivity index (χ2v) is 11.2. The zero-order valence-electron chi connectivity index (χ0n) is 23.3. The van der Waals surface area contributed by atoms with E-state index >= 15 is 0 Å². The van der Waals surface area contributed by atoms with Gasteiger partial charge in [0.15, 0.2) is 0 Å². The van der Waals surface area contributed by atoms with E-state index < -0.39 is 0 Å². The van der Waals surface area contributed by atoms with E-state index in [1.807, 2.05) is 31.1 Å². The predicted molar refractivity (Wildman–Crippen MR) is 162 cm³/mol. The summed E-state index contributed by atoms with van der Waals surface area (Å²) in [5, 5.41) is 9.60. The number of anilines is 2. The van der Waals surface area contributed by atoms with Crippen molar-refractivity contribution in [3.63, 3.8) is 0 Å². The molecule has 9 heteroatoms. The molecule has 1 aliphatic rings. The normalized spacial score (nSPS) is 12.8. The Morgan fingerprint density at radius 3 is 2.58 bits per heavy atom. The predicted octanol–water partition coefficient (Wildman–Crippen LogP) is 5.04. The lowest BCUT2D eigenvalue weighted by atomic mass is 9.93. The van der Waals surface area contributed by atoms with Crippen molar-refractivity contribution >= 4 is 40.6 Å². The molecule has 0 radical (unpaired) electrons. The Kier molecular flexibility index (Phi) is 9.34. The van der Waals surface area contributed by atoms with Gasteiger partial charge >= 0.3 is 0 Å². The summed E-state index contributed by atoms with van der Waals surface area (Å²) in [4.78, 5) is 35.8. The van der Waals surface area contributed by atoms with E-state index in [-0.39, 0.29) is 17.2 Å². The number of nitrogens with one attached hydrogen (secondary N) is 3. The van der Waals surface area contributed by atoms with Crippen LogP contribution in [-0.2, 0) is 11.2 Å². The van der Waals surface area contributed by atoms with Gasteiger partial charge in [0.25, 0.3) is 5.91 Å². The van der Waals surface area contributed by atoms with E-state index in [4.69, 9.17) is 16.6 Å². The van der Waals surface area contributed by atoms with E-state index in [1.54, 1.807) is 36.5 Å². The molecule has 0 aliphatic heterocycles. The number of halogens is 1. The Balaban J connectivity index is 1.29. The molecular weight excluding hydrogens is 524 g/mol. The molecule has 1 aromatic heterocycles. The van der Waals surface area contributed by atoms with Crippen molar-refractivity contribution in [1.29, 1.82) is 0 Å². The van der Waals surface area contributed by atoms with Gasteiger partial charge in [0.05, 0.1) is 16.9 Å². The first kappa shape index (κ1) is 29.0. The molecule has 3 N–H and O–H groups in total. The fraction of sp³-hybridized carbons (Fsp3) is 0.290. The van der Waals surface area contributed by atoms with E-state index in [2.05, 4.69) is 53.0 Å². The van der Waals surface area contributed by atoms with E-state index in [0.717, 1.165) is 17.6 Å². The molecule has 1 aliphatic carbocycles. The van der Waals surface area contributed by atoms with Gasteiger partial charge in [-0.05, 0) is 61.3 Å². The number of aromatic nitrogens is 2. The maximum absolute atomic E-state index is 12.8. The quantitative estimate of drug-likeness (QED) is 0.285. The number of amides is 2. The lowest BCUT2D eigenvalue weighted by Crippen LogP contribution is -2.38. The number of rotatable bonds is 11. The molecular formula is C31H35ClN6O2. The van der Waals surface area contributed by atoms with Gasteiger partial charge in [0, 0.05) is 42.5 Å². The van der Waals surface area contributed by atoms with Crippen molar-refractivity contribution < 1.29 is 9.59 Å². The summed E-state index contributed by atoms with van der Waals surface area (Å²) < 4.78 is 0. The largest absolute Gasteiger partial charge is 0.354 e. The summed E-state index contributed by atoms with van der Waals surface area (Å²) in [6.45, 7) is 5.76. The van der Waals surface area contributed by atoms with Gasteiger partial charge in [-0.3, -0.25) is 9.59 Å². The Morgan fingerprint density at radius 2 is 1.82 bits per heavy atom. The number of nitrogens with zero attached hydrogens (tertiary/aromatic N) is 3. The van der Waals surface area contributed by atoms with Crippen molar-refractivity contribution in [1.82, 2.24) is 20.2 Å². The summed E-state index contributed by atoms with van der Waals surface area (Å²) in [5.74, 6) is 0.0850. The molecule has 4 rings (SSSR count). The van der Waals surface area contributed by atoms with E-state index in [1.165, 1.54) is 11.6 Å². The Bertz CT molecular complexity index is 1430. The van der Waals surface area contributed by atoms with Crippen LogP contribution in [0.5, 0.6) is 0 Å². The summed E-state index contributed by atoms with van der Waals surface area (Å²) >= 11 is 6.47. The average Bonchev–Trinajstić information content (AvgIpc) is 3.35. The standard InChI is InChI=1S/C31H35ClN6O2/c1-31(2,19-34-29(40)22-11-14-23(15-12-22)36-27(39)10-7-17-38(3)4)20-35-30-33-18-26(32)28(37-30)25-16-13-21-8-5-6-9-24(21)25/h5-12,14-16,18H,13,17,19-20H2,1-4H3,(H,34,40)(H,36,39)(H,33,35,37)/b10-7+. The fourth-order valence-electron chi connectivity index (χ4n) is 4.21. The van der Waals surface area contributed by atoms with Gasteiger partial charge < -0.3 is 20.9 Å². The van der Waals surface area contributed by atoms with Crippen LogP contribution in [0, 0.1) is 5.41 Å². The van der Waals surface area contributed by atoms with Gasteiger partial charge in [-0.2, -0.15) is 0 Å². The molecule has 0 saturated carbocycles. The first-order chi connectivity index (χ1) is 19.1. The Labute approximate surface area is 240 Å². The molecule has 208 valence electrons. The fourth-order valence-corrected chi connectivity index (χ4v) is 4.40. The summed E-state index contributed by atoms with van der Waals surface area (Å²) in [5.41, 5.74) is 4.98. The van der Waals surface area contributed by atoms with Crippen LogP contribution in [0.25, 0.3) is 5.57 Å². The Hall–Kier alpha value is -4.01. The summed E-state index contributed by atoms with van der Waals surface area (Å²) in [6.07, 6.45) is 7.91. The molecule has 0 atom stereocenters. The van der Waals surface area contributed by atoms with Crippen molar-refractivity contribution in [2.75, 3.05) is 44.4 Å². The third kappa shape index (κ3) is 7.77. The van der Waals surface area contributed by atoms with Crippen LogP contribution in [0.2, 0.25) is 5.02 Å². The molecule has 0 saturated heterocycles. The van der Waals surface area contributed by atoms with Crippen LogP contribution in [0.1, 0.15) is 41.0 Å². The summed E-state index contributed by atoms with van der Waals surface area (Å²) in [6, 6.07) is 15.1. The average molecular weight is 559 g/mol. The molecule has 0 unspecified atom stereocenters. The molecule has 2 amide bonds. The second-order valence-electron chi connectivity index (χ2n) is 10.8. The molecule has 0 spiro atoms. The monoisotopic (exact) mass is 558 g/mol. The topological polar surface area (TPSA) is 99.2 Å². The third-order valence-corrected chi connectivity index (χ3v) is 6.72. The highest BCUT2D eigenvalue weighted by molar-refractivity contribution is 6.32. The third-order valence-electron chi connectivity index (χ3n) is 6.44. The smallest absolute Gasteiger partial charge is 0.251 e. The lowest BCUT2D eigenvalue weighted by molar-refractivity contribution is -0.111. The first-order valence-corrected chi connectivity index (χ1v) is 13.5. The molecule has 0 fully saturated rings. The number of likely N-dealkylation sites (N-methyl/N-ethyl adjacent to an activating group) is 1. The number of fused-ring (bicyclic) bond motifs is 1. The number of hydrogen-bond donors (Lipinski definition) is 3. The minimum absolute atomic E-state index is 0.186. The van der Waals surface area contributed by atoms with Crippen molar-refractivity contribution in [2.45, 2.75) is 20.3 Å². The van der Waals surface area contributed by atoms with Gasteiger partial charge in [-0.1, -0.05) is 61.9 Å². The van der Waals surface area contributed by atoms with Gasteiger partial charge in [0.1, 0.15) is 0 Å². The molecule has 8 nitrogen and oxygen atoms in total. The minimum atomic E-state index is -0.287. The number of carbonyl (C=O) groups excluding carboxylic acids is 2. The molecule has 3 aromatic rings. The zero-order chi connectivity index (χ0) is 28.7. The highest BCUT2D eigenvalue weighted by Gasteiger charge is 2.22. The van der Waals surface area contributed by atoms with Crippen LogP contribution in [0.15, 0.2) is 73.0 Å². The molecule has 2 aromatic carbocycles. The number of benzene rings is 2. The van der Waals surface area contributed by atoms with Gasteiger partial charge in [-0.25, -0.2) is 9.97 Å². The number of carbonyl (C=O) groups is 2. The van der Waals surface area contributed by atoms with Crippen LogP contribution in [0.4, 0.5) is 11.6 Å². The minimum Gasteiger partial charge on any atom is -0.354 e. The SMILES string of the molecule is CN(C)C/C=C/C(=O)Nc1ccc(C(=O)NCC(C)(C)CNc2ncc(Cl)c(C3=CCc4ccccc43)n2)cc1.